The van der Waals surface area contributed by atoms with Crippen LogP contribution in [0.5, 0.6) is 0 Å². The molecule has 1 fully saturated rings. The normalized spacial score (nSPS) is 18.1. The number of ether oxygens (including phenoxy) is 1. The van der Waals surface area contributed by atoms with Crippen molar-refractivity contribution in [3.8, 4) is 0 Å². The van der Waals surface area contributed by atoms with Gasteiger partial charge >= 0.3 is 0 Å². The molecule has 0 saturated carbocycles. The fraction of sp³-hybridized carbons (Fsp3) is 0.450. The molecule has 148 valence electrons. The highest BCUT2D eigenvalue weighted by Crippen LogP contribution is 2.36. The molecule has 3 aromatic rings. The van der Waals surface area contributed by atoms with Gasteiger partial charge in [0, 0.05) is 19.1 Å². The summed E-state index contributed by atoms with van der Waals surface area (Å²) in [6.45, 7) is 3.81. The SMILES string of the molecule is COCC(C)(CO)Cn1cnc2c(N3CC(O)(c4ccccc4)C3)ncnc21. The fourth-order valence-corrected chi connectivity index (χ4v) is 3.78. The van der Waals surface area contributed by atoms with E-state index in [0.29, 0.717) is 43.2 Å². The summed E-state index contributed by atoms with van der Waals surface area (Å²) in [5, 5.41) is 20.6. The van der Waals surface area contributed by atoms with Crippen LogP contribution in [0.4, 0.5) is 5.82 Å². The topological polar surface area (TPSA) is 96.5 Å². The number of rotatable bonds is 7. The molecule has 28 heavy (non-hydrogen) atoms. The summed E-state index contributed by atoms with van der Waals surface area (Å²) < 4.78 is 7.17. The standard InChI is InChI=1S/C20H25N5O3/c1-19(11-26,12-28-2)8-25-14-23-16-17(21-13-22-18(16)25)24-9-20(27,10-24)15-6-4-3-5-7-15/h3-7,13-14,26-27H,8-12H2,1-2H3. The Labute approximate surface area is 163 Å². The van der Waals surface area contributed by atoms with Crippen molar-refractivity contribution in [2.75, 3.05) is 38.3 Å². The number of anilines is 1. The molecule has 3 heterocycles. The first-order valence-electron chi connectivity index (χ1n) is 9.26. The van der Waals surface area contributed by atoms with E-state index in [9.17, 15) is 10.2 Å². The number of fused-ring (bicyclic) bond motifs is 1. The number of methoxy groups -OCH3 is 1. The van der Waals surface area contributed by atoms with E-state index in [2.05, 4.69) is 15.0 Å². The molecule has 0 bridgehead atoms. The minimum atomic E-state index is -0.880. The van der Waals surface area contributed by atoms with Gasteiger partial charge in [-0.3, -0.25) is 0 Å². The number of aliphatic hydroxyl groups is 2. The largest absolute Gasteiger partial charge is 0.396 e. The Morgan fingerprint density at radius 1 is 1.18 bits per heavy atom. The van der Waals surface area contributed by atoms with E-state index in [1.165, 1.54) is 6.33 Å². The molecule has 8 nitrogen and oxygen atoms in total. The van der Waals surface area contributed by atoms with Crippen LogP contribution in [0.2, 0.25) is 0 Å². The minimum absolute atomic E-state index is 0.00527. The predicted molar refractivity (Wildman–Crippen MR) is 105 cm³/mol. The van der Waals surface area contributed by atoms with Crippen LogP contribution in [0, 0.1) is 5.41 Å². The second kappa shape index (κ2) is 7.12. The molecule has 0 radical (unpaired) electrons. The van der Waals surface area contributed by atoms with Gasteiger partial charge in [-0.25, -0.2) is 15.0 Å². The first-order chi connectivity index (χ1) is 13.5. The lowest BCUT2D eigenvalue weighted by Crippen LogP contribution is -2.60. The maximum absolute atomic E-state index is 10.9. The maximum Gasteiger partial charge on any atom is 0.165 e. The zero-order valence-corrected chi connectivity index (χ0v) is 16.1. The summed E-state index contributed by atoms with van der Waals surface area (Å²) in [6.07, 6.45) is 3.23. The van der Waals surface area contributed by atoms with Gasteiger partial charge in [-0.1, -0.05) is 37.3 Å². The average Bonchev–Trinajstić information content (AvgIpc) is 3.09. The lowest BCUT2D eigenvalue weighted by atomic mass is 9.86. The molecule has 1 aliphatic heterocycles. The van der Waals surface area contributed by atoms with Crippen molar-refractivity contribution in [1.29, 1.82) is 0 Å². The molecule has 1 aliphatic rings. The van der Waals surface area contributed by atoms with Gasteiger partial charge in [-0.15, -0.1) is 0 Å². The number of aromatic nitrogens is 4. The Kier molecular flexibility index (Phi) is 4.78. The van der Waals surface area contributed by atoms with Gasteiger partial charge in [0.1, 0.15) is 11.9 Å². The molecule has 2 aromatic heterocycles. The summed E-state index contributed by atoms with van der Waals surface area (Å²) >= 11 is 0. The minimum Gasteiger partial charge on any atom is -0.396 e. The molecule has 1 unspecified atom stereocenters. The highest BCUT2D eigenvalue weighted by molar-refractivity contribution is 5.84. The summed E-state index contributed by atoms with van der Waals surface area (Å²) in [6, 6.07) is 9.67. The highest BCUT2D eigenvalue weighted by Gasteiger charge is 2.44. The van der Waals surface area contributed by atoms with Crippen LogP contribution >= 0.6 is 0 Å². The van der Waals surface area contributed by atoms with Crippen molar-refractivity contribution < 1.29 is 14.9 Å². The number of aliphatic hydroxyl groups excluding tert-OH is 1. The van der Waals surface area contributed by atoms with E-state index >= 15 is 0 Å². The van der Waals surface area contributed by atoms with E-state index in [4.69, 9.17) is 4.74 Å². The second-order valence-electron chi connectivity index (χ2n) is 7.90. The van der Waals surface area contributed by atoms with E-state index in [-0.39, 0.29) is 6.61 Å². The van der Waals surface area contributed by atoms with Gasteiger partial charge < -0.3 is 24.4 Å². The van der Waals surface area contributed by atoms with Crippen LogP contribution in [0.3, 0.4) is 0 Å². The third kappa shape index (κ3) is 3.23. The van der Waals surface area contributed by atoms with E-state index < -0.39 is 11.0 Å². The smallest absolute Gasteiger partial charge is 0.165 e. The summed E-state index contributed by atoms with van der Waals surface area (Å²) in [4.78, 5) is 15.3. The molecule has 4 rings (SSSR count). The Bertz CT molecular complexity index is 955. The van der Waals surface area contributed by atoms with Gasteiger partial charge in [-0.05, 0) is 5.56 Å². The van der Waals surface area contributed by atoms with Crippen LogP contribution in [0.15, 0.2) is 43.0 Å². The number of imidazole rings is 1. The summed E-state index contributed by atoms with van der Waals surface area (Å²) in [7, 11) is 1.62. The first kappa shape index (κ1) is 18.8. The van der Waals surface area contributed by atoms with Gasteiger partial charge in [0.05, 0.1) is 32.6 Å². The third-order valence-electron chi connectivity index (χ3n) is 5.32. The monoisotopic (exact) mass is 383 g/mol. The first-order valence-corrected chi connectivity index (χ1v) is 9.26. The number of hydrogen-bond acceptors (Lipinski definition) is 7. The molecule has 0 aliphatic carbocycles. The van der Waals surface area contributed by atoms with Crippen molar-refractivity contribution >= 4 is 17.0 Å². The molecular formula is C20H25N5O3. The Morgan fingerprint density at radius 2 is 1.93 bits per heavy atom. The molecule has 8 heteroatoms. The third-order valence-corrected chi connectivity index (χ3v) is 5.32. The number of β-amino-alcohol motifs (C(OH)–C–C–N with tert-alkyl or cyclic N) is 1. The van der Waals surface area contributed by atoms with Crippen LogP contribution in [0.1, 0.15) is 12.5 Å². The van der Waals surface area contributed by atoms with Crippen molar-refractivity contribution in [3.05, 3.63) is 48.5 Å². The van der Waals surface area contributed by atoms with Gasteiger partial charge in [0.25, 0.3) is 0 Å². The summed E-state index contributed by atoms with van der Waals surface area (Å²) in [5.74, 6) is 0.710. The van der Waals surface area contributed by atoms with E-state index in [1.807, 2.05) is 46.7 Å². The lowest BCUT2D eigenvalue weighted by Gasteiger charge is -2.47. The van der Waals surface area contributed by atoms with Gasteiger partial charge in [0.15, 0.2) is 17.0 Å². The molecule has 0 amide bonds. The van der Waals surface area contributed by atoms with Crippen LogP contribution in [-0.2, 0) is 16.9 Å². The van der Waals surface area contributed by atoms with Crippen LogP contribution in [0.25, 0.3) is 11.2 Å². The zero-order valence-electron chi connectivity index (χ0n) is 16.1. The molecule has 1 aromatic carbocycles. The molecule has 1 atom stereocenters. The number of hydrogen-bond donors (Lipinski definition) is 2. The molecule has 1 saturated heterocycles. The van der Waals surface area contributed by atoms with Crippen LogP contribution < -0.4 is 4.90 Å². The maximum atomic E-state index is 10.9. The average molecular weight is 383 g/mol. The summed E-state index contributed by atoms with van der Waals surface area (Å²) in [5.41, 5.74) is 0.985. The molecule has 0 spiro atoms. The van der Waals surface area contributed by atoms with Crippen molar-refractivity contribution in [1.82, 2.24) is 19.5 Å². The Hall–Kier alpha value is -2.55. The van der Waals surface area contributed by atoms with Gasteiger partial charge in [-0.2, -0.15) is 0 Å². The fourth-order valence-electron chi connectivity index (χ4n) is 3.78. The second-order valence-corrected chi connectivity index (χ2v) is 7.90. The van der Waals surface area contributed by atoms with Gasteiger partial charge in [0.2, 0.25) is 0 Å². The van der Waals surface area contributed by atoms with Crippen LogP contribution in [-0.4, -0.2) is 63.1 Å². The van der Waals surface area contributed by atoms with Crippen molar-refractivity contribution in [2.45, 2.75) is 19.1 Å². The quantitative estimate of drug-likeness (QED) is 0.632. The van der Waals surface area contributed by atoms with Crippen molar-refractivity contribution in [2.24, 2.45) is 5.41 Å². The molecular weight excluding hydrogens is 358 g/mol. The Morgan fingerprint density at radius 3 is 2.61 bits per heavy atom. The number of nitrogens with zero attached hydrogens (tertiary/aromatic N) is 5. The van der Waals surface area contributed by atoms with E-state index in [0.717, 1.165) is 5.56 Å². The molecule has 2 N–H and O–H groups in total. The van der Waals surface area contributed by atoms with E-state index in [1.54, 1.807) is 13.4 Å². The predicted octanol–water partition coefficient (Wildman–Crippen LogP) is 1.18. The number of benzene rings is 1. The lowest BCUT2D eigenvalue weighted by molar-refractivity contribution is 0.00721. The highest BCUT2D eigenvalue weighted by atomic mass is 16.5. The van der Waals surface area contributed by atoms with Crippen molar-refractivity contribution in [3.63, 3.8) is 0 Å². The zero-order chi connectivity index (χ0) is 19.8. The Balaban J connectivity index is 1.58.